The molecule has 4 rings (SSSR count). The molecule has 0 bridgehead atoms. The van der Waals surface area contributed by atoms with Crippen LogP contribution in [0.25, 0.3) is 11.0 Å². The van der Waals surface area contributed by atoms with E-state index in [-0.39, 0.29) is 11.8 Å². The van der Waals surface area contributed by atoms with Crippen molar-refractivity contribution in [3.05, 3.63) is 24.3 Å². The quantitative estimate of drug-likeness (QED) is 0.788. The molecule has 3 heterocycles. The van der Waals surface area contributed by atoms with E-state index in [4.69, 9.17) is 0 Å². The number of nitrogens with one attached hydrogen (secondary N) is 1. The molecular weight excluding hydrogens is 306 g/mol. The number of imidazole rings is 1. The van der Waals surface area contributed by atoms with E-state index >= 15 is 0 Å². The van der Waals surface area contributed by atoms with Gasteiger partial charge in [0.05, 0.1) is 11.0 Å². The van der Waals surface area contributed by atoms with Crippen LogP contribution in [-0.4, -0.2) is 70.9 Å². The predicted molar refractivity (Wildman–Crippen MR) is 90.7 cm³/mol. The third kappa shape index (κ3) is 2.70. The number of hydrogen-bond acceptors (Lipinski definition) is 4. The number of rotatable bonds is 1. The van der Waals surface area contributed by atoms with Crippen LogP contribution in [0.15, 0.2) is 24.3 Å². The van der Waals surface area contributed by atoms with Crippen molar-refractivity contribution in [2.75, 3.05) is 44.2 Å². The molecule has 1 N–H and O–H groups in total. The summed E-state index contributed by atoms with van der Waals surface area (Å²) in [5.74, 6) is 0.125. The highest BCUT2D eigenvalue weighted by Crippen LogP contribution is 2.18. The summed E-state index contributed by atoms with van der Waals surface area (Å²) in [6.45, 7) is 3.88. The number of benzene rings is 1. The van der Waals surface area contributed by atoms with Crippen LogP contribution in [0, 0.1) is 0 Å². The standard InChI is InChI=1S/C17H21N5O2/c23-15(20-7-3-4-8-20)16(24)21-9-11-22(12-10-21)17-18-13-5-1-2-6-14(13)19-17/h1-2,5-6H,3-4,7-12H2,(H,18,19). The Balaban J connectivity index is 1.39. The van der Waals surface area contributed by atoms with E-state index in [2.05, 4.69) is 14.9 Å². The molecule has 0 unspecified atom stereocenters. The van der Waals surface area contributed by atoms with Gasteiger partial charge in [0.2, 0.25) is 5.95 Å². The maximum Gasteiger partial charge on any atom is 0.312 e. The second-order valence-electron chi connectivity index (χ2n) is 6.36. The Morgan fingerprint density at radius 1 is 0.875 bits per heavy atom. The molecule has 2 aliphatic heterocycles. The van der Waals surface area contributed by atoms with Crippen LogP contribution in [0.3, 0.4) is 0 Å². The zero-order valence-electron chi connectivity index (χ0n) is 13.6. The fourth-order valence-corrected chi connectivity index (χ4v) is 3.40. The van der Waals surface area contributed by atoms with E-state index in [1.54, 1.807) is 9.80 Å². The summed E-state index contributed by atoms with van der Waals surface area (Å²) >= 11 is 0. The molecule has 24 heavy (non-hydrogen) atoms. The topological polar surface area (TPSA) is 72.5 Å². The smallest absolute Gasteiger partial charge is 0.312 e. The summed E-state index contributed by atoms with van der Waals surface area (Å²) in [4.78, 5) is 38.0. The molecule has 2 amide bonds. The molecule has 2 fully saturated rings. The predicted octanol–water partition coefficient (Wildman–Crippen LogP) is 0.834. The van der Waals surface area contributed by atoms with Gasteiger partial charge in [-0.25, -0.2) is 4.98 Å². The summed E-state index contributed by atoms with van der Waals surface area (Å²) in [6.07, 6.45) is 2.00. The lowest BCUT2D eigenvalue weighted by Crippen LogP contribution is -2.53. The van der Waals surface area contributed by atoms with Gasteiger partial charge in [-0.15, -0.1) is 0 Å². The van der Waals surface area contributed by atoms with E-state index < -0.39 is 0 Å². The van der Waals surface area contributed by atoms with Gasteiger partial charge in [-0.05, 0) is 25.0 Å². The molecule has 126 valence electrons. The molecule has 7 nitrogen and oxygen atoms in total. The highest BCUT2D eigenvalue weighted by molar-refractivity contribution is 6.35. The SMILES string of the molecule is O=C(C(=O)N1CCN(c2nc3ccccc3[nH]2)CC1)N1CCCC1. The van der Waals surface area contributed by atoms with E-state index in [9.17, 15) is 9.59 Å². The Labute approximate surface area is 140 Å². The largest absolute Gasteiger partial charge is 0.339 e. The van der Waals surface area contributed by atoms with Gasteiger partial charge in [-0.3, -0.25) is 9.59 Å². The molecular formula is C17H21N5O2. The van der Waals surface area contributed by atoms with Crippen LogP contribution in [-0.2, 0) is 9.59 Å². The highest BCUT2D eigenvalue weighted by atomic mass is 16.2. The minimum Gasteiger partial charge on any atom is -0.339 e. The number of aromatic nitrogens is 2. The van der Waals surface area contributed by atoms with Gasteiger partial charge in [-0.2, -0.15) is 0 Å². The Morgan fingerprint density at radius 2 is 1.50 bits per heavy atom. The fourth-order valence-electron chi connectivity index (χ4n) is 3.40. The first-order valence-corrected chi connectivity index (χ1v) is 8.50. The number of nitrogens with zero attached hydrogens (tertiary/aromatic N) is 4. The maximum atomic E-state index is 12.4. The first-order valence-electron chi connectivity index (χ1n) is 8.50. The zero-order chi connectivity index (χ0) is 16.5. The zero-order valence-corrected chi connectivity index (χ0v) is 13.6. The second-order valence-corrected chi connectivity index (χ2v) is 6.36. The van der Waals surface area contributed by atoms with E-state index in [1.807, 2.05) is 24.3 Å². The van der Waals surface area contributed by atoms with Crippen LogP contribution in [0.4, 0.5) is 5.95 Å². The third-order valence-corrected chi connectivity index (χ3v) is 4.82. The number of carbonyl (C=O) groups excluding carboxylic acids is 2. The van der Waals surface area contributed by atoms with Crippen LogP contribution in [0.5, 0.6) is 0 Å². The van der Waals surface area contributed by atoms with Gasteiger partial charge in [0.15, 0.2) is 0 Å². The molecule has 1 aromatic carbocycles. The summed E-state index contributed by atoms with van der Waals surface area (Å²) in [6, 6.07) is 7.92. The maximum absolute atomic E-state index is 12.4. The lowest BCUT2D eigenvalue weighted by molar-refractivity contribution is -0.151. The number of H-pyrrole nitrogens is 1. The average Bonchev–Trinajstić information content (AvgIpc) is 3.30. The van der Waals surface area contributed by atoms with Crippen molar-refractivity contribution in [3.8, 4) is 0 Å². The highest BCUT2D eigenvalue weighted by Gasteiger charge is 2.31. The number of likely N-dealkylation sites (tertiary alicyclic amines) is 1. The molecule has 0 spiro atoms. The number of amides is 2. The van der Waals surface area contributed by atoms with Crippen LogP contribution in [0.2, 0.25) is 0 Å². The molecule has 0 radical (unpaired) electrons. The van der Waals surface area contributed by atoms with Gasteiger partial charge < -0.3 is 19.7 Å². The van der Waals surface area contributed by atoms with Crippen LogP contribution < -0.4 is 4.90 Å². The molecule has 0 atom stereocenters. The Morgan fingerprint density at radius 3 is 2.17 bits per heavy atom. The Hall–Kier alpha value is -2.57. The summed E-state index contributed by atoms with van der Waals surface area (Å²) in [5.41, 5.74) is 1.95. The molecule has 2 saturated heterocycles. The minimum atomic E-state index is -0.360. The minimum absolute atomic E-state index is 0.343. The number of aromatic amines is 1. The van der Waals surface area contributed by atoms with Crippen molar-refractivity contribution in [1.29, 1.82) is 0 Å². The van der Waals surface area contributed by atoms with Gasteiger partial charge in [0.25, 0.3) is 0 Å². The van der Waals surface area contributed by atoms with Crippen LogP contribution >= 0.6 is 0 Å². The Kier molecular flexibility index (Phi) is 3.84. The monoisotopic (exact) mass is 327 g/mol. The van der Waals surface area contributed by atoms with Crippen molar-refractivity contribution in [1.82, 2.24) is 19.8 Å². The first-order chi connectivity index (χ1) is 11.7. The lowest BCUT2D eigenvalue weighted by Gasteiger charge is -2.34. The van der Waals surface area contributed by atoms with Crippen LogP contribution in [0.1, 0.15) is 12.8 Å². The average molecular weight is 327 g/mol. The third-order valence-electron chi connectivity index (χ3n) is 4.82. The van der Waals surface area contributed by atoms with E-state index in [1.165, 1.54) is 0 Å². The summed E-state index contributed by atoms with van der Waals surface area (Å²) < 4.78 is 0. The van der Waals surface area contributed by atoms with Gasteiger partial charge in [0.1, 0.15) is 0 Å². The van der Waals surface area contributed by atoms with E-state index in [0.29, 0.717) is 39.3 Å². The molecule has 1 aromatic heterocycles. The number of para-hydroxylation sites is 2. The molecule has 2 aliphatic rings. The second kappa shape index (κ2) is 6.14. The van der Waals surface area contributed by atoms with E-state index in [0.717, 1.165) is 29.8 Å². The van der Waals surface area contributed by atoms with Crippen molar-refractivity contribution in [2.45, 2.75) is 12.8 Å². The van der Waals surface area contributed by atoms with Crippen molar-refractivity contribution in [2.24, 2.45) is 0 Å². The van der Waals surface area contributed by atoms with Crippen molar-refractivity contribution >= 4 is 28.8 Å². The molecule has 0 saturated carbocycles. The summed E-state index contributed by atoms with van der Waals surface area (Å²) in [5, 5.41) is 0. The number of anilines is 1. The summed E-state index contributed by atoms with van der Waals surface area (Å²) in [7, 11) is 0. The molecule has 0 aliphatic carbocycles. The number of piperazine rings is 1. The molecule has 7 heteroatoms. The number of hydrogen-bond donors (Lipinski definition) is 1. The number of fused-ring (bicyclic) bond motifs is 1. The Bertz CT molecular complexity index is 724. The van der Waals surface area contributed by atoms with Crippen molar-refractivity contribution in [3.63, 3.8) is 0 Å². The van der Waals surface area contributed by atoms with Crippen molar-refractivity contribution < 1.29 is 9.59 Å². The lowest BCUT2D eigenvalue weighted by atomic mass is 10.3. The number of carbonyl (C=O) groups is 2. The van der Waals surface area contributed by atoms with Gasteiger partial charge in [-0.1, -0.05) is 12.1 Å². The molecule has 2 aromatic rings. The van der Waals surface area contributed by atoms with Gasteiger partial charge in [0, 0.05) is 39.3 Å². The fraction of sp³-hybridized carbons (Fsp3) is 0.471. The first kappa shape index (κ1) is 15.0. The normalized spacial score (nSPS) is 18.4. The van der Waals surface area contributed by atoms with Gasteiger partial charge >= 0.3 is 11.8 Å².